The van der Waals surface area contributed by atoms with Crippen LogP contribution in [0.5, 0.6) is 0 Å². The number of hydrogen-bond acceptors (Lipinski definition) is 4. The highest BCUT2D eigenvalue weighted by Crippen LogP contribution is 2.13. The maximum Gasteiger partial charge on any atom is 0.253 e. The molecule has 1 saturated heterocycles. The molecule has 3 rings (SSSR count). The molecule has 0 aliphatic carbocycles. The van der Waals surface area contributed by atoms with Gasteiger partial charge in [0, 0.05) is 37.3 Å². The summed E-state index contributed by atoms with van der Waals surface area (Å²) >= 11 is 0. The summed E-state index contributed by atoms with van der Waals surface area (Å²) in [6.45, 7) is 4.11. The Morgan fingerprint density at radius 1 is 1.07 bits per heavy atom. The Hall–Kier alpha value is -3.04. The summed E-state index contributed by atoms with van der Waals surface area (Å²) in [5.41, 5.74) is 1.91. The molecule has 0 aromatic heterocycles. The smallest absolute Gasteiger partial charge is 0.253 e. The van der Waals surface area contributed by atoms with E-state index < -0.39 is 0 Å². The fraction of sp³-hybridized carbons (Fsp3) is 0.286. The number of nitriles is 1. The van der Waals surface area contributed by atoms with Crippen LogP contribution in [0.1, 0.15) is 31.8 Å². The van der Waals surface area contributed by atoms with E-state index >= 15 is 0 Å². The van der Waals surface area contributed by atoms with Crippen LogP contribution < -0.4 is 0 Å². The molecule has 1 aliphatic heterocycles. The number of nitrogens with zero attached hydrogens (tertiary/aromatic N) is 3. The Bertz CT molecular complexity index is 912. The second kappa shape index (κ2) is 8.11. The first-order chi connectivity index (χ1) is 13.0. The van der Waals surface area contributed by atoms with E-state index in [4.69, 9.17) is 5.26 Å². The van der Waals surface area contributed by atoms with Gasteiger partial charge in [-0.15, -0.1) is 0 Å². The van der Waals surface area contributed by atoms with Gasteiger partial charge in [-0.25, -0.2) is 4.39 Å². The highest BCUT2D eigenvalue weighted by molar-refractivity contribution is 5.98. The molecule has 27 heavy (non-hydrogen) atoms. The van der Waals surface area contributed by atoms with Crippen molar-refractivity contribution in [2.45, 2.75) is 6.92 Å². The summed E-state index contributed by atoms with van der Waals surface area (Å²) in [6, 6.07) is 13.1. The van der Waals surface area contributed by atoms with Crippen molar-refractivity contribution in [1.29, 1.82) is 5.26 Å². The number of aryl methyl sites for hydroxylation is 1. The second-order valence-electron chi connectivity index (χ2n) is 6.65. The van der Waals surface area contributed by atoms with Crippen molar-refractivity contribution in [2.24, 2.45) is 0 Å². The molecule has 0 saturated carbocycles. The molecule has 0 N–H and O–H groups in total. The summed E-state index contributed by atoms with van der Waals surface area (Å²) in [7, 11) is 0. The summed E-state index contributed by atoms with van der Waals surface area (Å²) in [4.78, 5) is 28.7. The first-order valence-electron chi connectivity index (χ1n) is 8.79. The third-order valence-corrected chi connectivity index (χ3v) is 4.75. The van der Waals surface area contributed by atoms with Crippen molar-refractivity contribution in [3.63, 3.8) is 0 Å². The van der Waals surface area contributed by atoms with Crippen molar-refractivity contribution < 1.29 is 14.0 Å². The molecule has 2 aromatic carbocycles. The Morgan fingerprint density at radius 3 is 2.48 bits per heavy atom. The van der Waals surface area contributed by atoms with Crippen LogP contribution in [0.15, 0.2) is 42.5 Å². The molecule has 1 fully saturated rings. The van der Waals surface area contributed by atoms with Gasteiger partial charge in [-0.05, 0) is 48.9 Å². The van der Waals surface area contributed by atoms with Crippen molar-refractivity contribution >= 4 is 11.7 Å². The van der Waals surface area contributed by atoms with Crippen LogP contribution in [-0.2, 0) is 0 Å². The van der Waals surface area contributed by atoms with Crippen LogP contribution >= 0.6 is 0 Å². The number of carbonyl (C=O) groups is 2. The molecular weight excluding hydrogens is 345 g/mol. The zero-order chi connectivity index (χ0) is 19.4. The summed E-state index contributed by atoms with van der Waals surface area (Å²) in [6.07, 6.45) is 0. The molecule has 0 atom stereocenters. The number of Topliss-reactive ketones (excluding diaryl/α,β-unsaturated/α-hetero) is 1. The summed E-state index contributed by atoms with van der Waals surface area (Å²) in [5.74, 6) is -0.481. The quantitative estimate of drug-likeness (QED) is 0.782. The van der Waals surface area contributed by atoms with Crippen molar-refractivity contribution in [2.75, 3.05) is 32.7 Å². The van der Waals surface area contributed by atoms with Crippen molar-refractivity contribution in [3.05, 3.63) is 70.5 Å². The van der Waals surface area contributed by atoms with Gasteiger partial charge in [0.15, 0.2) is 5.78 Å². The molecule has 5 nitrogen and oxygen atoms in total. The third-order valence-electron chi connectivity index (χ3n) is 4.75. The molecule has 138 valence electrons. The number of halogens is 1. The standard InChI is InChI=1S/C21H20FN3O2/c1-15-11-17(5-6-19(15)22)20(26)14-24-7-9-25(10-8-24)21(27)18-4-2-3-16(12-18)13-23/h2-6,11-12H,7-10,14H2,1H3. The number of rotatable bonds is 4. The van der Waals surface area contributed by atoms with Gasteiger partial charge in [0.1, 0.15) is 5.82 Å². The molecule has 1 heterocycles. The van der Waals surface area contributed by atoms with Gasteiger partial charge in [-0.3, -0.25) is 14.5 Å². The van der Waals surface area contributed by atoms with Crippen LogP contribution in [-0.4, -0.2) is 54.2 Å². The van der Waals surface area contributed by atoms with E-state index in [1.165, 1.54) is 12.1 Å². The lowest BCUT2D eigenvalue weighted by Crippen LogP contribution is -2.49. The molecule has 0 bridgehead atoms. The molecule has 0 radical (unpaired) electrons. The SMILES string of the molecule is Cc1cc(C(=O)CN2CCN(C(=O)c3cccc(C#N)c3)CC2)ccc1F. The minimum absolute atomic E-state index is 0.0559. The predicted molar refractivity (Wildman–Crippen MR) is 99.0 cm³/mol. The molecule has 1 amide bonds. The van der Waals surface area contributed by atoms with Gasteiger partial charge in [0.2, 0.25) is 0 Å². The number of ketones is 1. The van der Waals surface area contributed by atoms with Crippen molar-refractivity contribution in [3.8, 4) is 6.07 Å². The Balaban J connectivity index is 1.57. The van der Waals surface area contributed by atoms with Gasteiger partial charge in [-0.1, -0.05) is 6.07 Å². The summed E-state index contributed by atoms with van der Waals surface area (Å²) < 4.78 is 13.4. The van der Waals surface area contributed by atoms with E-state index in [2.05, 4.69) is 0 Å². The average Bonchev–Trinajstić information content (AvgIpc) is 2.70. The monoisotopic (exact) mass is 365 g/mol. The number of carbonyl (C=O) groups excluding carboxylic acids is 2. The lowest BCUT2D eigenvalue weighted by atomic mass is 10.1. The summed E-state index contributed by atoms with van der Waals surface area (Å²) in [5, 5.41) is 8.96. The Morgan fingerprint density at radius 2 is 1.81 bits per heavy atom. The minimum atomic E-state index is -0.320. The number of amides is 1. The normalized spacial score (nSPS) is 14.6. The fourth-order valence-electron chi connectivity index (χ4n) is 3.13. The predicted octanol–water partition coefficient (Wildman–Crippen LogP) is 2.65. The van der Waals surface area contributed by atoms with E-state index in [0.717, 1.165) is 0 Å². The largest absolute Gasteiger partial charge is 0.336 e. The van der Waals surface area contributed by atoms with Gasteiger partial charge in [0.05, 0.1) is 18.2 Å². The molecule has 0 unspecified atom stereocenters. The Labute approximate surface area is 157 Å². The van der Waals surface area contributed by atoms with Crippen LogP contribution in [0.4, 0.5) is 4.39 Å². The molecule has 0 spiro atoms. The lowest BCUT2D eigenvalue weighted by molar-refractivity contribution is 0.0624. The van der Waals surface area contributed by atoms with E-state index in [0.29, 0.717) is 48.4 Å². The lowest BCUT2D eigenvalue weighted by Gasteiger charge is -2.34. The van der Waals surface area contributed by atoms with Crippen LogP contribution in [0.25, 0.3) is 0 Å². The van der Waals surface area contributed by atoms with Crippen molar-refractivity contribution in [1.82, 2.24) is 9.80 Å². The third kappa shape index (κ3) is 4.39. The maximum atomic E-state index is 13.4. The molecule has 1 aliphatic rings. The van der Waals surface area contributed by atoms with Gasteiger partial charge in [0.25, 0.3) is 5.91 Å². The van der Waals surface area contributed by atoms with E-state index in [-0.39, 0.29) is 24.1 Å². The van der Waals surface area contributed by atoms with Gasteiger partial charge >= 0.3 is 0 Å². The molecule has 2 aromatic rings. The number of piperazine rings is 1. The van der Waals surface area contributed by atoms with Gasteiger partial charge in [-0.2, -0.15) is 5.26 Å². The van der Waals surface area contributed by atoms with Crippen LogP contribution in [0.2, 0.25) is 0 Å². The maximum absolute atomic E-state index is 13.4. The zero-order valence-corrected chi connectivity index (χ0v) is 15.1. The molecular formula is C21H20FN3O2. The van der Waals surface area contributed by atoms with E-state index in [1.807, 2.05) is 11.0 Å². The molecule has 6 heteroatoms. The fourth-order valence-corrected chi connectivity index (χ4v) is 3.13. The van der Waals surface area contributed by atoms with E-state index in [1.54, 1.807) is 42.2 Å². The number of hydrogen-bond donors (Lipinski definition) is 0. The highest BCUT2D eigenvalue weighted by Gasteiger charge is 2.24. The van der Waals surface area contributed by atoms with Crippen LogP contribution in [0.3, 0.4) is 0 Å². The van der Waals surface area contributed by atoms with Crippen LogP contribution in [0, 0.1) is 24.1 Å². The Kier molecular flexibility index (Phi) is 5.63. The zero-order valence-electron chi connectivity index (χ0n) is 15.1. The highest BCUT2D eigenvalue weighted by atomic mass is 19.1. The topological polar surface area (TPSA) is 64.4 Å². The van der Waals surface area contributed by atoms with Gasteiger partial charge < -0.3 is 4.90 Å². The number of benzene rings is 2. The second-order valence-corrected chi connectivity index (χ2v) is 6.65. The van der Waals surface area contributed by atoms with E-state index in [9.17, 15) is 14.0 Å². The first-order valence-corrected chi connectivity index (χ1v) is 8.79. The first kappa shape index (κ1) is 18.7. The average molecular weight is 365 g/mol. The minimum Gasteiger partial charge on any atom is -0.336 e.